The van der Waals surface area contributed by atoms with Crippen molar-refractivity contribution in [3.8, 4) is 5.75 Å². The van der Waals surface area contributed by atoms with Crippen molar-refractivity contribution < 1.29 is 18.3 Å². The second-order valence-corrected chi connectivity index (χ2v) is 10.7. The third-order valence-electron chi connectivity index (χ3n) is 7.76. The lowest BCUT2D eigenvalue weighted by Gasteiger charge is -2.27. The minimum atomic E-state index is -3.10. The first kappa shape index (κ1) is 23.0. The number of alkyl halides is 2. The van der Waals surface area contributed by atoms with Crippen molar-refractivity contribution in [2.45, 2.75) is 43.4 Å². The Kier molecular flexibility index (Phi) is 5.07. The summed E-state index contributed by atoms with van der Waals surface area (Å²) in [6.07, 6.45) is 4.16. The van der Waals surface area contributed by atoms with Crippen molar-refractivity contribution in [3.63, 3.8) is 0 Å². The number of ether oxygens (including phenoxy) is 2. The van der Waals surface area contributed by atoms with Gasteiger partial charge in [0.1, 0.15) is 5.02 Å². The van der Waals surface area contributed by atoms with E-state index in [2.05, 4.69) is 25.5 Å². The van der Waals surface area contributed by atoms with Gasteiger partial charge in [-0.15, -0.1) is 0 Å². The van der Waals surface area contributed by atoms with Gasteiger partial charge in [0.05, 0.1) is 42.2 Å². The average molecular weight is 531 g/mol. The zero-order valence-corrected chi connectivity index (χ0v) is 20.8. The molecule has 7 rings (SSSR count). The van der Waals surface area contributed by atoms with Crippen LogP contribution in [-0.4, -0.2) is 58.4 Å². The Morgan fingerprint density at radius 1 is 1.30 bits per heavy atom. The van der Waals surface area contributed by atoms with Crippen molar-refractivity contribution in [1.29, 1.82) is 0 Å². The zero-order valence-electron chi connectivity index (χ0n) is 20.0. The van der Waals surface area contributed by atoms with E-state index in [1.807, 2.05) is 0 Å². The van der Waals surface area contributed by atoms with Crippen LogP contribution in [-0.2, 0) is 11.8 Å². The fourth-order valence-corrected chi connectivity index (χ4v) is 5.79. The molecule has 2 N–H and O–H groups in total. The van der Waals surface area contributed by atoms with Crippen molar-refractivity contribution >= 4 is 45.6 Å². The summed E-state index contributed by atoms with van der Waals surface area (Å²) in [6.45, 7) is 0.555. The summed E-state index contributed by atoms with van der Waals surface area (Å²) in [5.74, 6) is -2.35. The molecule has 1 aliphatic carbocycles. The molecule has 1 aromatic carbocycles. The minimum absolute atomic E-state index is 0.0939. The van der Waals surface area contributed by atoms with E-state index in [0.29, 0.717) is 45.7 Å². The molecule has 194 valence electrons. The number of fused-ring (bicyclic) bond motifs is 5. The molecule has 1 unspecified atom stereocenters. The summed E-state index contributed by atoms with van der Waals surface area (Å²) >= 11 is 6.43. The summed E-state index contributed by atoms with van der Waals surface area (Å²) in [6, 6.07) is 4.51. The third-order valence-corrected chi connectivity index (χ3v) is 8.04. The number of nitrogens with zero attached hydrogens (tertiary/aromatic N) is 4. The molecule has 3 atom stereocenters. The molecule has 37 heavy (non-hydrogen) atoms. The Morgan fingerprint density at radius 2 is 2.14 bits per heavy atom. The third kappa shape index (κ3) is 3.78. The first-order chi connectivity index (χ1) is 17.8. The molecule has 0 amide bonds. The highest BCUT2D eigenvalue weighted by Gasteiger charge is 2.51. The number of aryl methyl sites for hydroxylation is 1. The van der Waals surface area contributed by atoms with Crippen LogP contribution in [0, 0.1) is 5.92 Å². The molecule has 12 heteroatoms. The minimum Gasteiger partial charge on any atom is -0.480 e. The van der Waals surface area contributed by atoms with Gasteiger partial charge in [0.2, 0.25) is 11.7 Å². The number of benzene rings is 1. The smallest absolute Gasteiger partial charge is 0.301 e. The second kappa shape index (κ2) is 8.16. The largest absolute Gasteiger partial charge is 0.480 e. The summed E-state index contributed by atoms with van der Waals surface area (Å²) in [7, 11) is 1.60. The monoisotopic (exact) mass is 530 g/mol. The predicted octanol–water partition coefficient (Wildman–Crippen LogP) is 3.92. The molecular weight excluding hydrogens is 506 g/mol. The molecule has 0 radical (unpaired) electrons. The molecule has 0 spiro atoms. The van der Waals surface area contributed by atoms with E-state index in [1.54, 1.807) is 31.4 Å². The lowest BCUT2D eigenvalue weighted by Crippen LogP contribution is -2.44. The van der Waals surface area contributed by atoms with Gasteiger partial charge in [-0.2, -0.15) is 4.98 Å². The number of nitrogens with one attached hydrogen (secondary N) is 2. The van der Waals surface area contributed by atoms with E-state index in [0.717, 1.165) is 25.8 Å². The molecular formula is C25H25ClF2N6O3. The number of hydrogen-bond acceptors (Lipinski definition) is 8. The zero-order chi connectivity index (χ0) is 25.5. The SMILES string of the molecule is Cn1c(=O)c2c(c3cc(Nc4nc(N5C[C@H]6C[C@@H]5CO6)ncc4Cl)ccc31)NC(C1CC1)C(F)(F)CO2. The van der Waals surface area contributed by atoms with Gasteiger partial charge < -0.3 is 29.6 Å². The van der Waals surface area contributed by atoms with Gasteiger partial charge >= 0.3 is 5.92 Å². The standard InChI is InChI=1S/C25H25ClF2N6O3/c1-33-18-5-4-13(30-22-17(26)8-29-24(32-22)34-9-15-7-14(34)10-36-15)6-16(18)19-20(23(33)35)37-11-25(27,28)21(31-19)12-2-3-12/h4-6,8,12,14-15,21,31H,2-3,7,9-11H2,1H3,(H,29,30,32)/t14-,15-,21?/m1/s1. The fourth-order valence-electron chi connectivity index (χ4n) is 5.65. The van der Waals surface area contributed by atoms with Crippen molar-refractivity contribution in [1.82, 2.24) is 14.5 Å². The first-order valence-corrected chi connectivity index (χ1v) is 12.8. The number of aromatic nitrogens is 3. The maximum absolute atomic E-state index is 14.9. The first-order valence-electron chi connectivity index (χ1n) is 12.4. The quantitative estimate of drug-likeness (QED) is 0.524. The fraction of sp³-hybridized carbons (Fsp3) is 0.480. The number of halogens is 3. The number of morpholine rings is 1. The van der Waals surface area contributed by atoms with E-state index in [-0.39, 0.29) is 23.8 Å². The van der Waals surface area contributed by atoms with Crippen LogP contribution >= 0.6 is 11.6 Å². The number of pyridine rings is 1. The summed E-state index contributed by atoms with van der Waals surface area (Å²) in [4.78, 5) is 24.2. The van der Waals surface area contributed by atoms with E-state index >= 15 is 0 Å². The Labute approximate surface area is 215 Å². The van der Waals surface area contributed by atoms with E-state index < -0.39 is 24.1 Å². The Balaban J connectivity index is 1.28. The van der Waals surface area contributed by atoms with Gasteiger partial charge in [-0.25, -0.2) is 13.8 Å². The van der Waals surface area contributed by atoms with Crippen LogP contribution in [0.2, 0.25) is 5.02 Å². The number of hydrogen-bond donors (Lipinski definition) is 2. The van der Waals surface area contributed by atoms with Crippen molar-refractivity contribution in [3.05, 3.63) is 39.8 Å². The Hall–Kier alpha value is -3.18. The number of rotatable bonds is 4. The van der Waals surface area contributed by atoms with Crippen molar-refractivity contribution in [2.24, 2.45) is 13.0 Å². The van der Waals surface area contributed by atoms with Gasteiger partial charge in [0.15, 0.2) is 12.4 Å². The van der Waals surface area contributed by atoms with Crippen LogP contribution in [0.4, 0.5) is 31.9 Å². The molecule has 4 aliphatic rings. The van der Waals surface area contributed by atoms with E-state index in [9.17, 15) is 13.6 Å². The maximum Gasteiger partial charge on any atom is 0.301 e. The van der Waals surface area contributed by atoms with Crippen LogP contribution in [0.1, 0.15) is 19.3 Å². The molecule has 3 fully saturated rings. The molecule has 3 aliphatic heterocycles. The predicted molar refractivity (Wildman–Crippen MR) is 136 cm³/mol. The normalized spacial score (nSPS) is 25.9. The lowest BCUT2D eigenvalue weighted by atomic mass is 10.0. The van der Waals surface area contributed by atoms with Gasteiger partial charge in [-0.1, -0.05) is 11.6 Å². The molecule has 9 nitrogen and oxygen atoms in total. The average Bonchev–Trinajstić information content (AvgIpc) is 3.52. The van der Waals surface area contributed by atoms with Crippen LogP contribution in [0.25, 0.3) is 10.9 Å². The molecule has 2 aromatic heterocycles. The summed E-state index contributed by atoms with van der Waals surface area (Å²) in [5.41, 5.74) is 1.05. The molecule has 2 saturated heterocycles. The van der Waals surface area contributed by atoms with Gasteiger partial charge in [-0.3, -0.25) is 4.79 Å². The van der Waals surface area contributed by atoms with Crippen molar-refractivity contribution in [2.75, 3.05) is 35.3 Å². The second-order valence-electron chi connectivity index (χ2n) is 10.3. The topological polar surface area (TPSA) is 93.5 Å². The van der Waals surface area contributed by atoms with Gasteiger partial charge in [-0.05, 0) is 43.4 Å². The molecule has 1 saturated carbocycles. The van der Waals surface area contributed by atoms with Gasteiger partial charge in [0.25, 0.3) is 5.56 Å². The Bertz CT molecular complexity index is 1480. The van der Waals surface area contributed by atoms with Crippen LogP contribution in [0.5, 0.6) is 5.75 Å². The highest BCUT2D eigenvalue weighted by molar-refractivity contribution is 6.33. The molecule has 2 bridgehead atoms. The summed E-state index contributed by atoms with van der Waals surface area (Å²) < 4.78 is 42.3. The molecule has 3 aromatic rings. The highest BCUT2D eigenvalue weighted by Crippen LogP contribution is 2.45. The van der Waals surface area contributed by atoms with Crippen LogP contribution in [0.15, 0.2) is 29.2 Å². The van der Waals surface area contributed by atoms with E-state index in [4.69, 9.17) is 21.1 Å². The lowest BCUT2D eigenvalue weighted by molar-refractivity contribution is -0.0579. The maximum atomic E-state index is 14.9. The van der Waals surface area contributed by atoms with Gasteiger partial charge in [0, 0.05) is 24.7 Å². The number of anilines is 4. The molecule has 5 heterocycles. The summed E-state index contributed by atoms with van der Waals surface area (Å²) in [5, 5.41) is 7.18. The Morgan fingerprint density at radius 3 is 2.86 bits per heavy atom. The highest BCUT2D eigenvalue weighted by atomic mass is 35.5. The van der Waals surface area contributed by atoms with E-state index in [1.165, 1.54) is 4.57 Å². The van der Waals surface area contributed by atoms with Crippen LogP contribution in [0.3, 0.4) is 0 Å². The van der Waals surface area contributed by atoms with Crippen LogP contribution < -0.4 is 25.8 Å².